The number of fused-ring (bicyclic) bond motifs is 3. The van der Waals surface area contributed by atoms with E-state index >= 15 is 0 Å². The summed E-state index contributed by atoms with van der Waals surface area (Å²) in [7, 11) is 1.54. The molecule has 4 rings (SSSR count). The summed E-state index contributed by atoms with van der Waals surface area (Å²) in [6, 6.07) is 8.79. The van der Waals surface area contributed by atoms with Gasteiger partial charge in [-0.3, -0.25) is 0 Å². The molecule has 2 aromatic carbocycles. The SMILES string of the molecule is COc1ccc(Cl)c2c1N[C@H](c1ccccc1C(F)(F)F)[C@H]1CC=C[C@H]21. The third-order valence-electron chi connectivity index (χ3n) is 5.25. The highest BCUT2D eigenvalue weighted by Gasteiger charge is 2.43. The van der Waals surface area contributed by atoms with Crippen molar-refractivity contribution in [3.05, 3.63) is 70.3 Å². The maximum absolute atomic E-state index is 13.6. The Bertz CT molecular complexity index is 878. The molecule has 0 bridgehead atoms. The Hall–Kier alpha value is -2.14. The van der Waals surface area contributed by atoms with Gasteiger partial charge in [0.1, 0.15) is 5.75 Å². The smallest absolute Gasteiger partial charge is 0.416 e. The van der Waals surface area contributed by atoms with Gasteiger partial charge in [0.05, 0.1) is 24.4 Å². The number of hydrogen-bond acceptors (Lipinski definition) is 2. The molecule has 26 heavy (non-hydrogen) atoms. The summed E-state index contributed by atoms with van der Waals surface area (Å²) in [5, 5.41) is 3.90. The monoisotopic (exact) mass is 379 g/mol. The Morgan fingerprint density at radius 2 is 1.92 bits per heavy atom. The van der Waals surface area contributed by atoms with Crippen LogP contribution < -0.4 is 10.1 Å². The van der Waals surface area contributed by atoms with Gasteiger partial charge in [0.15, 0.2) is 0 Å². The Morgan fingerprint density at radius 3 is 2.65 bits per heavy atom. The number of alkyl halides is 3. The summed E-state index contributed by atoms with van der Waals surface area (Å²) >= 11 is 6.43. The van der Waals surface area contributed by atoms with E-state index in [-0.39, 0.29) is 17.4 Å². The van der Waals surface area contributed by atoms with Crippen molar-refractivity contribution in [2.24, 2.45) is 5.92 Å². The molecule has 2 aromatic rings. The van der Waals surface area contributed by atoms with Crippen molar-refractivity contribution < 1.29 is 17.9 Å². The summed E-state index contributed by atoms with van der Waals surface area (Å²) in [5.74, 6) is 0.508. The Kier molecular flexibility index (Phi) is 4.14. The van der Waals surface area contributed by atoms with Crippen LogP contribution in [0, 0.1) is 5.92 Å². The molecular formula is C20H17ClF3NO. The zero-order valence-electron chi connectivity index (χ0n) is 14.0. The molecule has 136 valence electrons. The average Bonchev–Trinajstić information content (AvgIpc) is 3.10. The van der Waals surface area contributed by atoms with Crippen LogP contribution in [0.2, 0.25) is 5.02 Å². The molecule has 3 atom stereocenters. The zero-order chi connectivity index (χ0) is 18.5. The normalized spacial score (nSPS) is 24.0. The average molecular weight is 380 g/mol. The van der Waals surface area contributed by atoms with Crippen molar-refractivity contribution in [2.75, 3.05) is 12.4 Å². The molecule has 2 nitrogen and oxygen atoms in total. The molecule has 1 aliphatic heterocycles. The first-order valence-electron chi connectivity index (χ1n) is 8.37. The van der Waals surface area contributed by atoms with Crippen LogP contribution in [-0.2, 0) is 6.18 Å². The molecule has 2 aliphatic rings. The standard InChI is InChI=1S/C20H17ClF3NO/c1-26-16-10-9-15(21)17-11-6-4-7-12(11)18(25-19(16)17)13-5-2-3-8-14(13)20(22,23)24/h2-6,8-12,18,25H,7H2,1H3/t11-,12-,18-/m0/s1. The first kappa shape index (κ1) is 17.3. The molecule has 0 fully saturated rings. The largest absolute Gasteiger partial charge is 0.495 e. The van der Waals surface area contributed by atoms with E-state index < -0.39 is 17.8 Å². The number of halogens is 4. The first-order valence-corrected chi connectivity index (χ1v) is 8.75. The molecule has 0 amide bonds. The second-order valence-electron chi connectivity index (χ2n) is 6.60. The van der Waals surface area contributed by atoms with Gasteiger partial charge in [-0.05, 0) is 36.1 Å². The van der Waals surface area contributed by atoms with Crippen molar-refractivity contribution in [2.45, 2.75) is 24.6 Å². The Labute approximate surface area is 154 Å². The molecular weight excluding hydrogens is 363 g/mol. The molecule has 0 saturated heterocycles. The zero-order valence-corrected chi connectivity index (χ0v) is 14.7. The van der Waals surface area contributed by atoms with E-state index in [1.807, 2.05) is 12.2 Å². The van der Waals surface area contributed by atoms with Gasteiger partial charge < -0.3 is 10.1 Å². The molecule has 0 spiro atoms. The van der Waals surface area contributed by atoms with Gasteiger partial charge in [-0.2, -0.15) is 13.2 Å². The fraction of sp³-hybridized carbons (Fsp3) is 0.300. The highest BCUT2D eigenvalue weighted by molar-refractivity contribution is 6.32. The predicted molar refractivity (Wildman–Crippen MR) is 95.8 cm³/mol. The van der Waals surface area contributed by atoms with E-state index in [9.17, 15) is 13.2 Å². The van der Waals surface area contributed by atoms with Crippen LogP contribution >= 0.6 is 11.6 Å². The Morgan fingerprint density at radius 1 is 1.15 bits per heavy atom. The molecule has 1 heterocycles. The molecule has 6 heteroatoms. The number of hydrogen-bond donors (Lipinski definition) is 1. The van der Waals surface area contributed by atoms with Gasteiger partial charge in [-0.1, -0.05) is 42.0 Å². The van der Waals surface area contributed by atoms with Crippen LogP contribution in [0.25, 0.3) is 0 Å². The summed E-state index contributed by atoms with van der Waals surface area (Å²) in [6.45, 7) is 0. The second kappa shape index (κ2) is 6.23. The van der Waals surface area contributed by atoms with E-state index in [1.165, 1.54) is 6.07 Å². The number of allylic oxidation sites excluding steroid dienone is 2. The Balaban J connectivity index is 1.88. The van der Waals surface area contributed by atoms with E-state index in [4.69, 9.17) is 16.3 Å². The number of nitrogens with one attached hydrogen (secondary N) is 1. The van der Waals surface area contributed by atoms with E-state index in [0.29, 0.717) is 22.9 Å². The van der Waals surface area contributed by atoms with Crippen molar-refractivity contribution in [1.82, 2.24) is 0 Å². The van der Waals surface area contributed by atoms with E-state index in [2.05, 4.69) is 5.32 Å². The number of anilines is 1. The third kappa shape index (κ3) is 2.65. The second-order valence-corrected chi connectivity index (χ2v) is 7.01. The number of methoxy groups -OCH3 is 1. The van der Waals surface area contributed by atoms with Crippen LogP contribution in [0.15, 0.2) is 48.6 Å². The lowest BCUT2D eigenvalue weighted by Crippen LogP contribution is -2.31. The fourth-order valence-electron chi connectivity index (χ4n) is 4.14. The summed E-state index contributed by atoms with van der Waals surface area (Å²) in [5.41, 5.74) is 1.22. The van der Waals surface area contributed by atoms with Gasteiger partial charge in [-0.25, -0.2) is 0 Å². The minimum absolute atomic E-state index is 0.0318. The number of rotatable bonds is 2. The van der Waals surface area contributed by atoms with Crippen molar-refractivity contribution in [3.63, 3.8) is 0 Å². The van der Waals surface area contributed by atoms with Crippen molar-refractivity contribution in [3.8, 4) is 5.75 Å². The van der Waals surface area contributed by atoms with Crippen LogP contribution in [0.1, 0.15) is 35.1 Å². The molecule has 0 unspecified atom stereocenters. The highest BCUT2D eigenvalue weighted by atomic mass is 35.5. The minimum atomic E-state index is -4.40. The molecule has 1 N–H and O–H groups in total. The summed E-state index contributed by atoms with van der Waals surface area (Å²) in [4.78, 5) is 0. The maximum Gasteiger partial charge on any atom is 0.416 e. The maximum atomic E-state index is 13.6. The van der Waals surface area contributed by atoms with Gasteiger partial charge in [0, 0.05) is 16.5 Å². The van der Waals surface area contributed by atoms with Crippen LogP contribution in [0.5, 0.6) is 5.75 Å². The summed E-state index contributed by atoms with van der Waals surface area (Å²) < 4.78 is 46.1. The third-order valence-corrected chi connectivity index (χ3v) is 5.58. The van der Waals surface area contributed by atoms with Crippen molar-refractivity contribution in [1.29, 1.82) is 0 Å². The van der Waals surface area contributed by atoms with Gasteiger partial charge in [0.25, 0.3) is 0 Å². The minimum Gasteiger partial charge on any atom is -0.495 e. The molecule has 1 aliphatic carbocycles. The number of ether oxygens (including phenoxy) is 1. The van der Waals surface area contributed by atoms with Crippen LogP contribution in [0.3, 0.4) is 0 Å². The van der Waals surface area contributed by atoms with Crippen LogP contribution in [0.4, 0.5) is 18.9 Å². The quantitative estimate of drug-likeness (QED) is 0.628. The molecule has 0 radical (unpaired) electrons. The predicted octanol–water partition coefficient (Wildman–Crippen LogP) is 6.19. The van der Waals surface area contributed by atoms with Gasteiger partial charge in [-0.15, -0.1) is 0 Å². The van der Waals surface area contributed by atoms with Crippen molar-refractivity contribution >= 4 is 17.3 Å². The lowest BCUT2D eigenvalue weighted by atomic mass is 9.76. The van der Waals surface area contributed by atoms with Gasteiger partial charge in [0.2, 0.25) is 0 Å². The number of benzene rings is 2. The lowest BCUT2D eigenvalue weighted by Gasteiger charge is -2.39. The topological polar surface area (TPSA) is 21.3 Å². The summed E-state index contributed by atoms with van der Waals surface area (Å²) in [6.07, 6.45) is 0.351. The first-order chi connectivity index (χ1) is 12.4. The lowest BCUT2D eigenvalue weighted by molar-refractivity contribution is -0.138. The van der Waals surface area contributed by atoms with E-state index in [0.717, 1.165) is 11.6 Å². The molecule has 0 aromatic heterocycles. The van der Waals surface area contributed by atoms with Crippen LogP contribution in [-0.4, -0.2) is 7.11 Å². The highest BCUT2D eigenvalue weighted by Crippen LogP contribution is 2.55. The van der Waals surface area contributed by atoms with E-state index in [1.54, 1.807) is 31.4 Å². The van der Waals surface area contributed by atoms with Gasteiger partial charge >= 0.3 is 6.18 Å². The molecule has 0 saturated carbocycles. The fourth-order valence-corrected chi connectivity index (χ4v) is 4.43.